The van der Waals surface area contributed by atoms with Gasteiger partial charge in [0.05, 0.1) is 22.9 Å². The first-order valence-electron chi connectivity index (χ1n) is 9.08. The molecule has 0 unspecified atom stereocenters. The SMILES string of the molecule is CCc1ccccc1-n1cnnc1SCC(=O)N(C)Cc1ccccc1[N+](=O)[O-]. The molecule has 1 heterocycles. The molecular weight excluding hydrogens is 390 g/mol. The first-order chi connectivity index (χ1) is 14.0. The number of nitrogens with zero attached hydrogens (tertiary/aromatic N) is 5. The minimum Gasteiger partial charge on any atom is -0.340 e. The number of thioether (sulfide) groups is 1. The molecule has 0 fully saturated rings. The molecule has 0 N–H and O–H groups in total. The van der Waals surface area contributed by atoms with Gasteiger partial charge in [0.1, 0.15) is 6.33 Å². The van der Waals surface area contributed by atoms with E-state index < -0.39 is 4.92 Å². The first-order valence-corrected chi connectivity index (χ1v) is 10.1. The van der Waals surface area contributed by atoms with Crippen LogP contribution in [0.1, 0.15) is 18.1 Å². The maximum Gasteiger partial charge on any atom is 0.274 e. The van der Waals surface area contributed by atoms with Crippen molar-refractivity contribution in [3.05, 3.63) is 76.1 Å². The second-order valence-corrected chi connectivity index (χ2v) is 7.33. The zero-order chi connectivity index (χ0) is 20.8. The number of hydrogen-bond acceptors (Lipinski definition) is 6. The summed E-state index contributed by atoms with van der Waals surface area (Å²) in [6.07, 6.45) is 2.51. The standard InChI is InChI=1S/C20H21N5O3S/c1-3-15-8-4-6-10-17(15)24-14-21-22-20(24)29-13-19(26)23(2)12-16-9-5-7-11-18(16)25(27)28/h4-11,14H,3,12-13H2,1-2H3. The van der Waals surface area contributed by atoms with Crippen molar-refractivity contribution in [2.24, 2.45) is 0 Å². The third-order valence-corrected chi connectivity index (χ3v) is 5.42. The molecule has 1 aromatic heterocycles. The van der Waals surface area contributed by atoms with Gasteiger partial charge in [0.25, 0.3) is 5.69 Å². The van der Waals surface area contributed by atoms with Crippen molar-refractivity contribution in [1.82, 2.24) is 19.7 Å². The highest BCUT2D eigenvalue weighted by Gasteiger charge is 2.18. The molecule has 0 aliphatic rings. The van der Waals surface area contributed by atoms with Gasteiger partial charge in [-0.15, -0.1) is 10.2 Å². The maximum atomic E-state index is 12.6. The van der Waals surface area contributed by atoms with Gasteiger partial charge in [0.2, 0.25) is 5.91 Å². The van der Waals surface area contributed by atoms with Gasteiger partial charge in [-0.05, 0) is 18.1 Å². The van der Waals surface area contributed by atoms with Crippen LogP contribution in [0.25, 0.3) is 5.69 Å². The maximum absolute atomic E-state index is 12.6. The Morgan fingerprint density at radius 2 is 1.86 bits per heavy atom. The minimum atomic E-state index is -0.434. The monoisotopic (exact) mass is 411 g/mol. The molecule has 0 atom stereocenters. The molecule has 3 aromatic rings. The quantitative estimate of drug-likeness (QED) is 0.320. The number of aryl methyl sites for hydroxylation is 1. The normalized spacial score (nSPS) is 10.7. The fourth-order valence-electron chi connectivity index (χ4n) is 2.94. The van der Waals surface area contributed by atoms with Crippen LogP contribution in [0.5, 0.6) is 0 Å². The van der Waals surface area contributed by atoms with Gasteiger partial charge in [0.15, 0.2) is 5.16 Å². The number of carbonyl (C=O) groups is 1. The Morgan fingerprint density at radius 1 is 1.17 bits per heavy atom. The van der Waals surface area contributed by atoms with Crippen molar-refractivity contribution < 1.29 is 9.72 Å². The lowest BCUT2D eigenvalue weighted by Crippen LogP contribution is -2.28. The topological polar surface area (TPSA) is 94.2 Å². The van der Waals surface area contributed by atoms with Gasteiger partial charge in [-0.2, -0.15) is 0 Å². The number of para-hydroxylation sites is 2. The van der Waals surface area contributed by atoms with Gasteiger partial charge >= 0.3 is 0 Å². The highest BCUT2D eigenvalue weighted by atomic mass is 32.2. The molecule has 1 amide bonds. The molecule has 0 saturated heterocycles. The smallest absolute Gasteiger partial charge is 0.274 e. The van der Waals surface area contributed by atoms with Crippen molar-refractivity contribution >= 4 is 23.4 Å². The molecule has 0 saturated carbocycles. The first kappa shape index (κ1) is 20.5. The van der Waals surface area contributed by atoms with Crippen molar-refractivity contribution in [2.75, 3.05) is 12.8 Å². The average Bonchev–Trinajstić information content (AvgIpc) is 3.20. The summed E-state index contributed by atoms with van der Waals surface area (Å²) in [4.78, 5) is 24.8. The van der Waals surface area contributed by atoms with Gasteiger partial charge in [-0.1, -0.05) is 55.1 Å². The molecule has 2 aromatic carbocycles. The van der Waals surface area contributed by atoms with Crippen LogP contribution in [0.15, 0.2) is 60.0 Å². The number of nitro benzene ring substituents is 1. The molecule has 29 heavy (non-hydrogen) atoms. The fraction of sp³-hybridized carbons (Fsp3) is 0.250. The Morgan fingerprint density at radius 3 is 2.59 bits per heavy atom. The van der Waals surface area contributed by atoms with Crippen molar-refractivity contribution in [2.45, 2.75) is 25.0 Å². The van der Waals surface area contributed by atoms with Gasteiger partial charge in [-0.3, -0.25) is 19.5 Å². The Labute approximate surface area is 172 Å². The van der Waals surface area contributed by atoms with Crippen LogP contribution in [0.3, 0.4) is 0 Å². The van der Waals surface area contributed by atoms with E-state index >= 15 is 0 Å². The van der Waals surface area contributed by atoms with E-state index in [2.05, 4.69) is 23.2 Å². The van der Waals surface area contributed by atoms with Crippen molar-refractivity contribution in [3.63, 3.8) is 0 Å². The van der Waals surface area contributed by atoms with Crippen molar-refractivity contribution in [3.8, 4) is 5.69 Å². The van der Waals surface area contributed by atoms with Gasteiger partial charge < -0.3 is 4.90 Å². The lowest BCUT2D eigenvalue weighted by Gasteiger charge is -2.17. The molecule has 8 nitrogen and oxygen atoms in total. The number of carbonyl (C=O) groups excluding carboxylic acids is 1. The molecule has 0 spiro atoms. The summed E-state index contributed by atoms with van der Waals surface area (Å²) in [6.45, 7) is 2.25. The van der Waals surface area contributed by atoms with E-state index in [1.165, 1.54) is 22.7 Å². The van der Waals surface area contributed by atoms with E-state index in [0.717, 1.165) is 17.7 Å². The Kier molecular flexibility index (Phi) is 6.61. The highest BCUT2D eigenvalue weighted by molar-refractivity contribution is 7.99. The number of aromatic nitrogens is 3. The number of benzene rings is 2. The van der Waals surface area contributed by atoms with E-state index in [-0.39, 0.29) is 23.9 Å². The van der Waals surface area contributed by atoms with E-state index in [1.54, 1.807) is 31.6 Å². The Hall–Kier alpha value is -3.20. The van der Waals surface area contributed by atoms with E-state index in [0.29, 0.717) is 10.7 Å². The second kappa shape index (κ2) is 9.33. The summed E-state index contributed by atoms with van der Waals surface area (Å²) in [5.74, 6) is 0.0101. The molecular formula is C20H21N5O3S. The van der Waals surface area contributed by atoms with E-state index in [4.69, 9.17) is 0 Å². The summed E-state index contributed by atoms with van der Waals surface area (Å²) < 4.78 is 1.87. The van der Waals surface area contributed by atoms with Crippen LogP contribution < -0.4 is 0 Å². The molecule has 0 aliphatic heterocycles. The summed E-state index contributed by atoms with van der Waals surface area (Å²) in [5.41, 5.74) is 2.66. The summed E-state index contributed by atoms with van der Waals surface area (Å²) in [5, 5.41) is 19.9. The highest BCUT2D eigenvalue weighted by Crippen LogP contribution is 2.23. The lowest BCUT2D eigenvalue weighted by atomic mass is 10.1. The van der Waals surface area contributed by atoms with Crippen molar-refractivity contribution in [1.29, 1.82) is 0 Å². The molecule has 9 heteroatoms. The zero-order valence-electron chi connectivity index (χ0n) is 16.2. The third kappa shape index (κ3) is 4.80. The summed E-state index contributed by atoms with van der Waals surface area (Å²) in [6, 6.07) is 14.4. The average molecular weight is 411 g/mol. The summed E-state index contributed by atoms with van der Waals surface area (Å²) >= 11 is 1.29. The number of amides is 1. The van der Waals surface area contributed by atoms with Crippen LogP contribution in [0.2, 0.25) is 0 Å². The van der Waals surface area contributed by atoms with Crippen LogP contribution in [0.4, 0.5) is 5.69 Å². The summed E-state index contributed by atoms with van der Waals surface area (Å²) in [7, 11) is 1.64. The number of rotatable bonds is 8. The molecule has 3 rings (SSSR count). The molecule has 0 aliphatic carbocycles. The van der Waals surface area contributed by atoms with Gasteiger partial charge in [-0.25, -0.2) is 0 Å². The van der Waals surface area contributed by atoms with E-state index in [9.17, 15) is 14.9 Å². The van der Waals surface area contributed by atoms with Crippen LogP contribution >= 0.6 is 11.8 Å². The zero-order valence-corrected chi connectivity index (χ0v) is 17.0. The predicted octanol–water partition coefficient (Wildman–Crippen LogP) is 3.49. The number of hydrogen-bond donors (Lipinski definition) is 0. The van der Waals surface area contributed by atoms with Crippen LogP contribution in [0, 0.1) is 10.1 Å². The molecule has 0 radical (unpaired) electrons. The Bertz CT molecular complexity index is 1020. The molecule has 0 bridgehead atoms. The molecule has 150 valence electrons. The third-order valence-electron chi connectivity index (χ3n) is 4.49. The van der Waals surface area contributed by atoms with Crippen LogP contribution in [-0.4, -0.2) is 43.3 Å². The fourth-order valence-corrected chi connectivity index (χ4v) is 3.80. The minimum absolute atomic E-state index is 0.00992. The second-order valence-electron chi connectivity index (χ2n) is 6.39. The lowest BCUT2D eigenvalue weighted by molar-refractivity contribution is -0.385. The van der Waals surface area contributed by atoms with Crippen LogP contribution in [-0.2, 0) is 17.8 Å². The van der Waals surface area contributed by atoms with E-state index in [1.807, 2.05) is 22.8 Å². The van der Waals surface area contributed by atoms with Gasteiger partial charge in [0, 0.05) is 18.7 Å². The predicted molar refractivity (Wildman–Crippen MR) is 111 cm³/mol. The Balaban J connectivity index is 1.68. The number of nitro groups is 1. The largest absolute Gasteiger partial charge is 0.340 e.